The highest BCUT2D eigenvalue weighted by atomic mass is 14.1. The molecule has 0 heteroatoms. The summed E-state index contributed by atoms with van der Waals surface area (Å²) < 4.78 is 0. The summed E-state index contributed by atoms with van der Waals surface area (Å²) in [5.41, 5.74) is 0. The molecule has 0 aromatic rings. The molecule has 0 N–H and O–H groups in total. The van der Waals surface area contributed by atoms with Crippen LogP contribution in [-0.2, 0) is 0 Å². The molecule has 0 heterocycles. The fourth-order valence-corrected chi connectivity index (χ4v) is 5.21. The second-order valence-electron chi connectivity index (χ2n) is 10.7. The number of hydrogen-bond acceptors (Lipinski definition) is 0. The molecule has 0 fully saturated rings. The Balaban J connectivity index is 3.33. The van der Waals surface area contributed by atoms with Crippen LogP contribution in [0.2, 0.25) is 0 Å². The molecular formula is C31H64. The van der Waals surface area contributed by atoms with Crippen LogP contribution >= 0.6 is 0 Å². The third kappa shape index (κ3) is 26.1. The first-order valence-electron chi connectivity index (χ1n) is 15.3. The van der Waals surface area contributed by atoms with Crippen molar-refractivity contribution in [1.82, 2.24) is 0 Å². The van der Waals surface area contributed by atoms with E-state index < -0.39 is 0 Å². The van der Waals surface area contributed by atoms with Crippen molar-refractivity contribution in [3.05, 3.63) is 0 Å². The van der Waals surface area contributed by atoms with Gasteiger partial charge in [0.2, 0.25) is 0 Å². The van der Waals surface area contributed by atoms with Crippen molar-refractivity contribution >= 4 is 0 Å². The Morgan fingerprint density at radius 3 is 0.774 bits per heavy atom. The number of hydrogen-bond donors (Lipinski definition) is 0. The molecule has 1 atom stereocenters. The average Bonchev–Trinajstić information content (AvgIpc) is 2.78. The first-order chi connectivity index (χ1) is 15.3. The van der Waals surface area contributed by atoms with Gasteiger partial charge in [0.15, 0.2) is 0 Å². The molecule has 0 radical (unpaired) electrons. The Kier molecular flexibility index (Phi) is 28.0. The molecule has 0 nitrogen and oxygen atoms in total. The van der Waals surface area contributed by atoms with Crippen molar-refractivity contribution in [3.8, 4) is 0 Å². The zero-order chi connectivity index (χ0) is 22.7. The van der Waals surface area contributed by atoms with E-state index in [1.807, 2.05) is 0 Å². The topological polar surface area (TPSA) is 0 Å². The smallest absolute Gasteiger partial charge is 0.0414 e. The molecule has 0 aliphatic heterocycles. The molecule has 0 amide bonds. The van der Waals surface area contributed by atoms with Crippen molar-refractivity contribution in [2.75, 3.05) is 0 Å². The zero-order valence-corrected chi connectivity index (χ0v) is 22.7. The van der Waals surface area contributed by atoms with Crippen molar-refractivity contribution in [3.63, 3.8) is 0 Å². The molecule has 0 aliphatic rings. The summed E-state index contributed by atoms with van der Waals surface area (Å²) in [6.07, 6.45) is 39.8. The van der Waals surface area contributed by atoms with Gasteiger partial charge in [-0.2, -0.15) is 0 Å². The summed E-state index contributed by atoms with van der Waals surface area (Å²) in [4.78, 5) is 0. The lowest BCUT2D eigenvalue weighted by molar-refractivity contribution is 0.377. The summed E-state index contributed by atoms with van der Waals surface area (Å²) in [7, 11) is 0. The lowest BCUT2D eigenvalue weighted by Gasteiger charge is -2.16. The van der Waals surface area contributed by atoms with E-state index in [-0.39, 0.29) is 0 Å². The first-order valence-corrected chi connectivity index (χ1v) is 15.3. The minimum absolute atomic E-state index is 1.03. The molecule has 0 saturated heterocycles. The molecular weight excluding hydrogens is 372 g/mol. The molecule has 0 spiro atoms. The summed E-state index contributed by atoms with van der Waals surface area (Å²) in [6, 6.07) is 0. The molecule has 0 saturated carbocycles. The van der Waals surface area contributed by atoms with Gasteiger partial charge in [-0.1, -0.05) is 194 Å². The maximum atomic E-state index is 2.38. The fraction of sp³-hybridized carbons (Fsp3) is 1.00. The minimum Gasteiger partial charge on any atom is -0.0654 e. The summed E-state index contributed by atoms with van der Waals surface area (Å²) in [5, 5.41) is 0. The quantitative estimate of drug-likeness (QED) is 0.112. The van der Waals surface area contributed by atoms with Crippen LogP contribution in [0.1, 0.15) is 194 Å². The Labute approximate surface area is 200 Å². The average molecular weight is 437 g/mol. The van der Waals surface area contributed by atoms with Gasteiger partial charge in [-0.15, -0.1) is 0 Å². The molecule has 1 unspecified atom stereocenters. The van der Waals surface area contributed by atoms with Crippen molar-refractivity contribution < 1.29 is 0 Å². The zero-order valence-electron chi connectivity index (χ0n) is 22.7. The highest BCUT2D eigenvalue weighted by molar-refractivity contribution is 4.61. The maximum absolute atomic E-state index is 2.38. The van der Waals surface area contributed by atoms with Gasteiger partial charge in [-0.3, -0.25) is 0 Å². The van der Waals surface area contributed by atoms with E-state index in [4.69, 9.17) is 0 Å². The van der Waals surface area contributed by atoms with Gasteiger partial charge in [0.25, 0.3) is 0 Å². The van der Waals surface area contributed by atoms with Crippen molar-refractivity contribution in [1.29, 1.82) is 0 Å². The molecule has 31 heavy (non-hydrogen) atoms. The minimum atomic E-state index is 1.03. The van der Waals surface area contributed by atoms with E-state index in [2.05, 4.69) is 20.8 Å². The van der Waals surface area contributed by atoms with Crippen molar-refractivity contribution in [2.24, 2.45) is 5.92 Å². The van der Waals surface area contributed by atoms with Crippen LogP contribution in [0.25, 0.3) is 0 Å². The Hall–Kier alpha value is 0. The van der Waals surface area contributed by atoms with E-state index >= 15 is 0 Å². The summed E-state index contributed by atoms with van der Waals surface area (Å²) in [5.74, 6) is 1.03. The van der Waals surface area contributed by atoms with Crippen LogP contribution in [0.3, 0.4) is 0 Å². The molecule has 0 bridgehead atoms. The first kappa shape index (κ1) is 31.0. The third-order valence-electron chi connectivity index (χ3n) is 7.38. The lowest BCUT2D eigenvalue weighted by atomic mass is 9.90. The fourth-order valence-electron chi connectivity index (χ4n) is 5.21. The van der Waals surface area contributed by atoms with Gasteiger partial charge in [0.1, 0.15) is 0 Å². The standard InChI is InChI=1S/C31H64/c1-4-7-9-11-13-14-15-16-17-18-19-20-21-23-25-27-30-31(28-6-3)29-26-24-22-12-10-8-5-2/h31H,4-30H2,1-3H3. The van der Waals surface area contributed by atoms with Gasteiger partial charge >= 0.3 is 0 Å². The van der Waals surface area contributed by atoms with E-state index in [1.54, 1.807) is 0 Å². The van der Waals surface area contributed by atoms with Crippen LogP contribution in [0.5, 0.6) is 0 Å². The molecule has 0 aromatic carbocycles. The Bertz CT molecular complexity index is 294. The predicted octanol–water partition coefficient (Wildman–Crippen LogP) is 12.2. The van der Waals surface area contributed by atoms with Gasteiger partial charge in [-0.25, -0.2) is 0 Å². The highest BCUT2D eigenvalue weighted by Crippen LogP contribution is 2.23. The largest absolute Gasteiger partial charge is 0.0654 e. The highest BCUT2D eigenvalue weighted by Gasteiger charge is 2.07. The van der Waals surface area contributed by atoms with Crippen LogP contribution < -0.4 is 0 Å². The number of rotatable bonds is 27. The third-order valence-corrected chi connectivity index (χ3v) is 7.38. The maximum Gasteiger partial charge on any atom is -0.0414 e. The van der Waals surface area contributed by atoms with Crippen LogP contribution in [0.15, 0.2) is 0 Å². The van der Waals surface area contributed by atoms with Crippen LogP contribution in [-0.4, -0.2) is 0 Å². The van der Waals surface area contributed by atoms with Crippen LogP contribution in [0.4, 0.5) is 0 Å². The van der Waals surface area contributed by atoms with E-state index in [9.17, 15) is 0 Å². The summed E-state index contributed by atoms with van der Waals surface area (Å²) >= 11 is 0. The van der Waals surface area contributed by atoms with Gasteiger partial charge in [0, 0.05) is 0 Å². The Morgan fingerprint density at radius 1 is 0.258 bits per heavy atom. The van der Waals surface area contributed by atoms with E-state index in [1.165, 1.54) is 173 Å². The number of unbranched alkanes of at least 4 members (excludes halogenated alkanes) is 21. The molecule has 188 valence electrons. The van der Waals surface area contributed by atoms with Gasteiger partial charge in [0.05, 0.1) is 0 Å². The summed E-state index contributed by atoms with van der Waals surface area (Å²) in [6.45, 7) is 7.00. The predicted molar refractivity (Wildman–Crippen MR) is 145 cm³/mol. The normalized spacial score (nSPS) is 12.5. The van der Waals surface area contributed by atoms with Gasteiger partial charge in [-0.05, 0) is 5.92 Å². The molecule has 0 aliphatic carbocycles. The van der Waals surface area contributed by atoms with Crippen LogP contribution in [0, 0.1) is 5.92 Å². The Morgan fingerprint density at radius 2 is 0.516 bits per heavy atom. The second-order valence-corrected chi connectivity index (χ2v) is 10.7. The van der Waals surface area contributed by atoms with E-state index in [0.717, 1.165) is 5.92 Å². The molecule has 0 aromatic heterocycles. The van der Waals surface area contributed by atoms with Crippen molar-refractivity contribution in [2.45, 2.75) is 194 Å². The lowest BCUT2D eigenvalue weighted by Crippen LogP contribution is -2.00. The second kappa shape index (κ2) is 28.0. The SMILES string of the molecule is CCCCCCCCCCCCCCCCCCC(CCC)CCCCCCCCC. The molecule has 0 rings (SSSR count). The van der Waals surface area contributed by atoms with Gasteiger partial charge < -0.3 is 0 Å². The van der Waals surface area contributed by atoms with E-state index in [0.29, 0.717) is 0 Å². The monoisotopic (exact) mass is 437 g/mol.